The van der Waals surface area contributed by atoms with Gasteiger partial charge >= 0.3 is 0 Å². The summed E-state index contributed by atoms with van der Waals surface area (Å²) >= 11 is 2.22. The molecule has 0 aliphatic rings. The normalized spacial score (nSPS) is 10.5. The van der Waals surface area contributed by atoms with Crippen LogP contribution in [0.25, 0.3) is 0 Å². The second-order valence-electron chi connectivity index (χ2n) is 2.28. The van der Waals surface area contributed by atoms with Crippen LogP contribution in [-0.2, 0) is 0 Å². The van der Waals surface area contributed by atoms with Gasteiger partial charge in [0.05, 0.1) is 0 Å². The quantitative estimate of drug-likeness (QED) is 0.811. The molecule has 1 rings (SSSR count). The van der Waals surface area contributed by atoms with E-state index in [-0.39, 0.29) is 0 Å². The first-order valence-corrected chi connectivity index (χ1v) is 4.63. The molecule has 0 fully saturated rings. The molecular formula is C9H10IO. The molecule has 0 atom stereocenters. The van der Waals surface area contributed by atoms with Crippen molar-refractivity contribution in [3.8, 4) is 0 Å². The topological polar surface area (TPSA) is 20.2 Å². The van der Waals surface area contributed by atoms with Crippen molar-refractivity contribution in [1.82, 2.24) is 0 Å². The summed E-state index contributed by atoms with van der Waals surface area (Å²) in [5.74, 6) is 0. The number of benzene rings is 1. The van der Waals surface area contributed by atoms with Gasteiger partial charge in [-0.1, -0.05) is 25.1 Å². The van der Waals surface area contributed by atoms with Crippen molar-refractivity contribution in [2.24, 2.45) is 0 Å². The van der Waals surface area contributed by atoms with E-state index in [1.54, 1.807) is 0 Å². The van der Waals surface area contributed by atoms with Gasteiger partial charge in [-0.2, -0.15) is 0 Å². The fourth-order valence-corrected chi connectivity index (χ4v) is 1.58. The Kier molecular flexibility index (Phi) is 3.33. The van der Waals surface area contributed by atoms with Gasteiger partial charge in [-0.15, -0.1) is 0 Å². The van der Waals surface area contributed by atoms with Crippen LogP contribution in [-0.4, -0.2) is 5.11 Å². The summed E-state index contributed by atoms with van der Waals surface area (Å²) in [7, 11) is 0. The van der Waals surface area contributed by atoms with Crippen molar-refractivity contribution in [3.63, 3.8) is 0 Å². The minimum absolute atomic E-state index is 0.468. The van der Waals surface area contributed by atoms with Crippen molar-refractivity contribution in [3.05, 3.63) is 39.5 Å². The molecule has 0 spiro atoms. The Morgan fingerprint density at radius 3 is 2.64 bits per heavy atom. The molecule has 0 saturated heterocycles. The Balaban J connectivity index is 2.93. The van der Waals surface area contributed by atoms with Gasteiger partial charge in [0.25, 0.3) is 0 Å². The summed E-state index contributed by atoms with van der Waals surface area (Å²) in [5.41, 5.74) is 0.954. The van der Waals surface area contributed by atoms with E-state index in [1.165, 1.54) is 0 Å². The fourth-order valence-electron chi connectivity index (χ4n) is 0.886. The summed E-state index contributed by atoms with van der Waals surface area (Å²) in [5, 5.41) is 9.42. The van der Waals surface area contributed by atoms with Crippen LogP contribution in [0.15, 0.2) is 24.3 Å². The molecule has 0 aromatic heterocycles. The third-order valence-electron chi connectivity index (χ3n) is 1.52. The highest BCUT2D eigenvalue weighted by atomic mass is 127. The maximum Gasteiger partial charge on any atom is 0.123 e. The molecule has 1 radical (unpaired) electrons. The molecule has 2 heteroatoms. The zero-order valence-electron chi connectivity index (χ0n) is 6.34. The van der Waals surface area contributed by atoms with E-state index in [0.717, 1.165) is 9.13 Å². The third kappa shape index (κ3) is 2.17. The highest BCUT2D eigenvalue weighted by Gasteiger charge is 2.07. The number of aliphatic hydroxyl groups excluding tert-OH is 1. The van der Waals surface area contributed by atoms with Crippen LogP contribution in [0.3, 0.4) is 0 Å². The molecule has 11 heavy (non-hydrogen) atoms. The number of hydrogen-bond donors (Lipinski definition) is 1. The monoisotopic (exact) mass is 261 g/mol. The van der Waals surface area contributed by atoms with Crippen molar-refractivity contribution in [2.45, 2.75) is 13.3 Å². The van der Waals surface area contributed by atoms with E-state index in [2.05, 4.69) is 22.6 Å². The SMILES string of the molecule is CC[C](O)c1ccccc1I. The summed E-state index contributed by atoms with van der Waals surface area (Å²) in [4.78, 5) is 0. The second kappa shape index (κ2) is 4.07. The van der Waals surface area contributed by atoms with Crippen LogP contribution in [0, 0.1) is 9.67 Å². The van der Waals surface area contributed by atoms with E-state index in [1.807, 2.05) is 31.2 Å². The van der Waals surface area contributed by atoms with Gasteiger partial charge in [-0.3, -0.25) is 0 Å². The number of halogens is 1. The van der Waals surface area contributed by atoms with Crippen LogP contribution in [0.2, 0.25) is 0 Å². The lowest BCUT2D eigenvalue weighted by Crippen LogP contribution is -1.98. The highest BCUT2D eigenvalue weighted by Crippen LogP contribution is 2.20. The summed E-state index contributed by atoms with van der Waals surface area (Å²) in [6.45, 7) is 1.94. The molecule has 1 nitrogen and oxygen atoms in total. The van der Waals surface area contributed by atoms with Gasteiger partial charge in [0.2, 0.25) is 0 Å². The average molecular weight is 261 g/mol. The Hall–Kier alpha value is -0.0900. The molecule has 0 aliphatic heterocycles. The lowest BCUT2D eigenvalue weighted by molar-refractivity contribution is 0.318. The highest BCUT2D eigenvalue weighted by molar-refractivity contribution is 14.1. The first-order chi connectivity index (χ1) is 5.25. The Morgan fingerprint density at radius 2 is 2.09 bits per heavy atom. The predicted octanol–water partition coefficient (Wildman–Crippen LogP) is 2.95. The van der Waals surface area contributed by atoms with Gasteiger partial charge in [0.1, 0.15) is 6.10 Å². The zero-order chi connectivity index (χ0) is 8.27. The summed E-state index contributed by atoms with van der Waals surface area (Å²) < 4.78 is 1.10. The molecule has 1 N–H and O–H groups in total. The molecule has 0 heterocycles. The van der Waals surface area contributed by atoms with Gasteiger partial charge in [0, 0.05) is 9.13 Å². The molecule has 0 saturated carbocycles. The molecule has 0 amide bonds. The smallest absolute Gasteiger partial charge is 0.123 e. The Morgan fingerprint density at radius 1 is 1.45 bits per heavy atom. The Labute approximate surface area is 80.6 Å². The summed E-state index contributed by atoms with van der Waals surface area (Å²) in [6, 6.07) is 7.82. The first kappa shape index (κ1) is 9.00. The lowest BCUT2D eigenvalue weighted by Gasteiger charge is -2.07. The van der Waals surface area contributed by atoms with E-state index in [9.17, 15) is 5.11 Å². The zero-order valence-corrected chi connectivity index (χ0v) is 8.50. The summed E-state index contributed by atoms with van der Waals surface area (Å²) in [6.07, 6.45) is 1.16. The van der Waals surface area contributed by atoms with E-state index in [4.69, 9.17) is 0 Å². The van der Waals surface area contributed by atoms with Crippen LogP contribution >= 0.6 is 22.6 Å². The van der Waals surface area contributed by atoms with Crippen LogP contribution < -0.4 is 0 Å². The van der Waals surface area contributed by atoms with E-state index >= 15 is 0 Å². The minimum atomic E-state index is 0.468. The van der Waals surface area contributed by atoms with Gasteiger partial charge in [0.15, 0.2) is 0 Å². The molecule has 1 aromatic carbocycles. The molecule has 0 bridgehead atoms. The first-order valence-electron chi connectivity index (χ1n) is 3.55. The van der Waals surface area contributed by atoms with Gasteiger partial charge in [-0.05, 0) is 35.1 Å². The second-order valence-corrected chi connectivity index (χ2v) is 3.44. The number of rotatable bonds is 2. The lowest BCUT2D eigenvalue weighted by atomic mass is 10.1. The van der Waals surface area contributed by atoms with E-state index < -0.39 is 0 Å². The number of aliphatic hydroxyl groups is 1. The predicted molar refractivity (Wildman–Crippen MR) is 53.7 cm³/mol. The maximum atomic E-state index is 9.42. The van der Waals surface area contributed by atoms with Crippen LogP contribution in [0.4, 0.5) is 0 Å². The van der Waals surface area contributed by atoms with Gasteiger partial charge in [-0.25, -0.2) is 0 Å². The molecular weight excluding hydrogens is 251 g/mol. The Bertz CT molecular complexity index is 235. The van der Waals surface area contributed by atoms with Gasteiger partial charge < -0.3 is 5.11 Å². The molecule has 0 aliphatic carbocycles. The fraction of sp³-hybridized carbons (Fsp3) is 0.222. The van der Waals surface area contributed by atoms with Crippen molar-refractivity contribution in [1.29, 1.82) is 0 Å². The van der Waals surface area contributed by atoms with Crippen LogP contribution in [0.5, 0.6) is 0 Å². The average Bonchev–Trinajstić information content (AvgIpc) is 2.04. The van der Waals surface area contributed by atoms with Crippen LogP contribution in [0.1, 0.15) is 18.9 Å². The van der Waals surface area contributed by atoms with E-state index in [0.29, 0.717) is 12.5 Å². The molecule has 59 valence electrons. The largest absolute Gasteiger partial charge is 0.382 e. The molecule has 0 unspecified atom stereocenters. The van der Waals surface area contributed by atoms with Crippen molar-refractivity contribution in [2.75, 3.05) is 0 Å². The number of hydrogen-bond acceptors (Lipinski definition) is 1. The van der Waals surface area contributed by atoms with Crippen molar-refractivity contribution >= 4 is 22.6 Å². The third-order valence-corrected chi connectivity index (χ3v) is 2.46. The maximum absolute atomic E-state index is 9.42. The van der Waals surface area contributed by atoms with Crippen molar-refractivity contribution < 1.29 is 5.11 Å². The molecule has 1 aromatic rings. The standard InChI is InChI=1S/C9H10IO/c1-2-9(11)7-5-3-4-6-8(7)10/h3-6,11H,2H2,1H3. The minimum Gasteiger partial charge on any atom is -0.382 e.